The molecule has 0 saturated heterocycles. The van der Waals surface area contributed by atoms with E-state index in [1.165, 1.54) is 61.9 Å². The van der Waals surface area contributed by atoms with Crippen molar-refractivity contribution < 1.29 is 0 Å². The van der Waals surface area contributed by atoms with E-state index in [-0.39, 0.29) is 0 Å². The fourth-order valence-electron chi connectivity index (χ4n) is 3.99. The van der Waals surface area contributed by atoms with E-state index in [9.17, 15) is 0 Å². The number of aryl methyl sites for hydroxylation is 2. The Hall–Kier alpha value is -0.980. The second-order valence-corrected chi connectivity index (χ2v) is 6.29. The lowest BCUT2D eigenvalue weighted by molar-refractivity contribution is 0.394. The molecule has 2 aliphatic rings. The molecule has 1 heteroatoms. The zero-order valence-corrected chi connectivity index (χ0v) is 11.8. The Labute approximate surface area is 111 Å². The number of fused-ring (bicyclic) bond motifs is 1. The van der Waals surface area contributed by atoms with Gasteiger partial charge in [-0.3, -0.25) is 0 Å². The molecule has 0 aromatic heterocycles. The van der Waals surface area contributed by atoms with E-state index >= 15 is 0 Å². The zero-order valence-electron chi connectivity index (χ0n) is 11.8. The molecule has 1 atom stereocenters. The molecule has 1 N–H and O–H groups in total. The third kappa shape index (κ3) is 2.15. The smallest absolute Gasteiger partial charge is 0.0406 e. The maximum Gasteiger partial charge on any atom is 0.0406 e. The number of hydrogen-bond acceptors (Lipinski definition) is 1. The van der Waals surface area contributed by atoms with Crippen LogP contribution in [0.5, 0.6) is 0 Å². The molecule has 1 fully saturated rings. The Morgan fingerprint density at radius 2 is 1.72 bits per heavy atom. The van der Waals surface area contributed by atoms with E-state index in [4.69, 9.17) is 0 Å². The first-order valence-corrected chi connectivity index (χ1v) is 7.61. The molecular formula is C17H25N. The Morgan fingerprint density at radius 1 is 1.00 bits per heavy atom. The lowest BCUT2D eigenvalue weighted by atomic mass is 9.82. The zero-order chi connectivity index (χ0) is 12.5. The SMILES string of the molecule is Cc1cc(C)c2c(c1)C(C1CCCCCC1)CN2. The van der Waals surface area contributed by atoms with Crippen molar-refractivity contribution >= 4 is 5.69 Å². The van der Waals surface area contributed by atoms with Gasteiger partial charge in [0.1, 0.15) is 0 Å². The summed E-state index contributed by atoms with van der Waals surface area (Å²) in [5.41, 5.74) is 5.91. The predicted octanol–water partition coefficient (Wildman–Crippen LogP) is 4.78. The third-order valence-corrected chi connectivity index (χ3v) is 4.88. The van der Waals surface area contributed by atoms with E-state index < -0.39 is 0 Å². The van der Waals surface area contributed by atoms with Crippen LogP contribution < -0.4 is 5.32 Å². The first-order chi connectivity index (χ1) is 8.75. The lowest BCUT2D eigenvalue weighted by Gasteiger charge is -2.22. The largest absolute Gasteiger partial charge is 0.384 e. The van der Waals surface area contributed by atoms with E-state index in [1.807, 2.05) is 0 Å². The van der Waals surface area contributed by atoms with E-state index in [1.54, 1.807) is 5.56 Å². The Morgan fingerprint density at radius 3 is 2.44 bits per heavy atom. The summed E-state index contributed by atoms with van der Waals surface area (Å²) in [6.45, 7) is 5.65. The average molecular weight is 243 g/mol. The second-order valence-electron chi connectivity index (χ2n) is 6.29. The molecule has 1 nitrogen and oxygen atoms in total. The highest BCUT2D eigenvalue weighted by Crippen LogP contribution is 2.43. The highest BCUT2D eigenvalue weighted by Gasteiger charge is 2.30. The van der Waals surface area contributed by atoms with Gasteiger partial charge in [0.05, 0.1) is 0 Å². The minimum Gasteiger partial charge on any atom is -0.384 e. The topological polar surface area (TPSA) is 12.0 Å². The van der Waals surface area contributed by atoms with Crippen molar-refractivity contribution in [2.24, 2.45) is 5.92 Å². The Balaban J connectivity index is 1.89. The summed E-state index contributed by atoms with van der Waals surface area (Å²) < 4.78 is 0. The number of anilines is 1. The van der Waals surface area contributed by atoms with Crippen LogP contribution in [-0.2, 0) is 0 Å². The van der Waals surface area contributed by atoms with Crippen LogP contribution in [0.15, 0.2) is 12.1 Å². The number of nitrogens with one attached hydrogen (secondary N) is 1. The second kappa shape index (κ2) is 4.95. The van der Waals surface area contributed by atoms with Gasteiger partial charge in [0.2, 0.25) is 0 Å². The van der Waals surface area contributed by atoms with Crippen molar-refractivity contribution in [1.29, 1.82) is 0 Å². The molecule has 1 aliphatic carbocycles. The highest BCUT2D eigenvalue weighted by atomic mass is 14.9. The molecule has 0 amide bonds. The summed E-state index contributed by atoms with van der Waals surface area (Å²) in [4.78, 5) is 0. The fraction of sp³-hybridized carbons (Fsp3) is 0.647. The van der Waals surface area contributed by atoms with Gasteiger partial charge in [0, 0.05) is 18.2 Å². The molecular weight excluding hydrogens is 218 g/mol. The van der Waals surface area contributed by atoms with Crippen LogP contribution in [0.2, 0.25) is 0 Å². The van der Waals surface area contributed by atoms with Gasteiger partial charge in [-0.05, 0) is 43.7 Å². The molecule has 98 valence electrons. The van der Waals surface area contributed by atoms with E-state index in [0.29, 0.717) is 0 Å². The van der Waals surface area contributed by atoms with Crippen LogP contribution in [0.25, 0.3) is 0 Å². The molecule has 18 heavy (non-hydrogen) atoms. The van der Waals surface area contributed by atoms with E-state index in [0.717, 1.165) is 11.8 Å². The molecule has 1 saturated carbocycles. The third-order valence-electron chi connectivity index (χ3n) is 4.88. The summed E-state index contributed by atoms with van der Waals surface area (Å²) in [5, 5.41) is 3.66. The van der Waals surface area contributed by atoms with Crippen LogP contribution in [-0.4, -0.2) is 6.54 Å². The fourth-order valence-corrected chi connectivity index (χ4v) is 3.99. The molecule has 0 bridgehead atoms. The summed E-state index contributed by atoms with van der Waals surface area (Å²) in [6.07, 6.45) is 8.69. The van der Waals surface area contributed by atoms with Gasteiger partial charge in [-0.15, -0.1) is 0 Å². The van der Waals surface area contributed by atoms with Crippen LogP contribution in [0.3, 0.4) is 0 Å². The molecule has 0 spiro atoms. The maximum atomic E-state index is 3.66. The highest BCUT2D eigenvalue weighted by molar-refractivity contribution is 5.64. The van der Waals surface area contributed by atoms with Gasteiger partial charge >= 0.3 is 0 Å². The number of rotatable bonds is 1. The normalized spacial score (nSPS) is 24.4. The quantitative estimate of drug-likeness (QED) is 0.700. The number of benzene rings is 1. The summed E-state index contributed by atoms with van der Waals surface area (Å²) >= 11 is 0. The first kappa shape index (κ1) is 12.1. The maximum absolute atomic E-state index is 3.66. The minimum atomic E-state index is 0.775. The van der Waals surface area contributed by atoms with Crippen LogP contribution in [0, 0.1) is 19.8 Å². The van der Waals surface area contributed by atoms with Gasteiger partial charge < -0.3 is 5.32 Å². The van der Waals surface area contributed by atoms with Crippen molar-refractivity contribution in [3.8, 4) is 0 Å². The molecule has 3 rings (SSSR count). The van der Waals surface area contributed by atoms with Crippen molar-refractivity contribution in [3.05, 3.63) is 28.8 Å². The van der Waals surface area contributed by atoms with Crippen LogP contribution in [0.4, 0.5) is 5.69 Å². The Bertz CT molecular complexity index is 427. The molecule has 1 aromatic carbocycles. The molecule has 1 aliphatic heterocycles. The average Bonchev–Trinajstić information content (AvgIpc) is 2.59. The van der Waals surface area contributed by atoms with Crippen molar-refractivity contribution in [2.45, 2.75) is 58.3 Å². The van der Waals surface area contributed by atoms with Gasteiger partial charge in [0.25, 0.3) is 0 Å². The van der Waals surface area contributed by atoms with Crippen molar-refractivity contribution in [2.75, 3.05) is 11.9 Å². The van der Waals surface area contributed by atoms with Crippen LogP contribution >= 0.6 is 0 Å². The molecule has 0 radical (unpaired) electrons. The van der Waals surface area contributed by atoms with Crippen molar-refractivity contribution in [3.63, 3.8) is 0 Å². The lowest BCUT2D eigenvalue weighted by Crippen LogP contribution is -2.14. The first-order valence-electron chi connectivity index (χ1n) is 7.61. The van der Waals surface area contributed by atoms with Gasteiger partial charge in [-0.2, -0.15) is 0 Å². The minimum absolute atomic E-state index is 0.775. The van der Waals surface area contributed by atoms with E-state index in [2.05, 4.69) is 31.3 Å². The monoisotopic (exact) mass is 243 g/mol. The predicted molar refractivity (Wildman–Crippen MR) is 78.3 cm³/mol. The van der Waals surface area contributed by atoms with Crippen molar-refractivity contribution in [1.82, 2.24) is 0 Å². The summed E-state index contributed by atoms with van der Waals surface area (Å²) in [6, 6.07) is 4.74. The molecule has 1 heterocycles. The standard InChI is InChI=1S/C17H25N/c1-12-9-13(2)17-15(10-12)16(11-18-17)14-7-5-3-4-6-8-14/h9-10,14,16,18H,3-8,11H2,1-2H3. The van der Waals surface area contributed by atoms with Crippen LogP contribution in [0.1, 0.15) is 61.1 Å². The number of hydrogen-bond donors (Lipinski definition) is 1. The molecule has 1 unspecified atom stereocenters. The molecule has 1 aromatic rings. The summed E-state index contributed by atoms with van der Waals surface area (Å²) in [5.74, 6) is 1.69. The Kier molecular flexibility index (Phi) is 3.32. The van der Waals surface area contributed by atoms with Gasteiger partial charge in [-0.1, -0.05) is 43.4 Å². The van der Waals surface area contributed by atoms with Gasteiger partial charge in [-0.25, -0.2) is 0 Å². The van der Waals surface area contributed by atoms with Gasteiger partial charge in [0.15, 0.2) is 0 Å². The summed E-state index contributed by atoms with van der Waals surface area (Å²) in [7, 11) is 0.